The van der Waals surface area contributed by atoms with Crippen LogP contribution < -0.4 is 4.90 Å². The Morgan fingerprint density at radius 2 is 2.19 bits per heavy atom. The van der Waals surface area contributed by atoms with E-state index in [-0.39, 0.29) is 28.7 Å². The van der Waals surface area contributed by atoms with Gasteiger partial charge in [0.1, 0.15) is 0 Å². The van der Waals surface area contributed by atoms with Gasteiger partial charge < -0.3 is 4.90 Å². The van der Waals surface area contributed by atoms with Crippen molar-refractivity contribution >= 4 is 54.3 Å². The zero-order chi connectivity index (χ0) is 15.2. The molecule has 8 heteroatoms. The van der Waals surface area contributed by atoms with Gasteiger partial charge >= 0.3 is 0 Å². The van der Waals surface area contributed by atoms with Crippen molar-refractivity contribution in [1.29, 1.82) is 0 Å². The van der Waals surface area contributed by atoms with Crippen molar-refractivity contribution in [3.63, 3.8) is 0 Å². The molecule has 0 aliphatic carbocycles. The van der Waals surface area contributed by atoms with Gasteiger partial charge in [0, 0.05) is 22.3 Å². The minimum Gasteiger partial charge on any atom is -0.316 e. The summed E-state index contributed by atoms with van der Waals surface area (Å²) in [6.45, 7) is 1.40. The number of carbonyl (C=O) groups is 1. The first kappa shape index (κ1) is 15.1. The predicted octanol–water partition coefficient (Wildman–Crippen LogP) is 2.07. The number of amides is 1. The Kier molecular flexibility index (Phi) is 3.87. The van der Waals surface area contributed by atoms with Crippen LogP contribution in [0.4, 0.5) is 5.69 Å². The molecule has 2 atom stereocenters. The summed E-state index contributed by atoms with van der Waals surface area (Å²) >= 11 is 4.80. The molecule has 1 amide bonds. The number of hydrogen-bond acceptors (Lipinski definition) is 4. The van der Waals surface area contributed by atoms with E-state index in [1.807, 2.05) is 29.2 Å². The van der Waals surface area contributed by atoms with E-state index in [4.69, 9.17) is 0 Å². The summed E-state index contributed by atoms with van der Waals surface area (Å²) < 4.78 is 24.6. The normalized spacial score (nSPS) is 28.9. The molecule has 2 saturated heterocycles. The second kappa shape index (κ2) is 5.40. The number of thioether (sulfide) groups is 1. The standard InChI is InChI=1S/C13H13BrN2O3S2/c1-8(17)15-13-16(10-4-2-3-9(14)5-10)11-6-21(18,19)7-12(11)20-13/h2-5,11-12H,6-7H2,1H3/t11-,12+/m0/s1. The first-order valence-corrected chi connectivity index (χ1v) is 9.86. The van der Waals surface area contributed by atoms with Gasteiger partial charge in [0.05, 0.1) is 17.5 Å². The highest BCUT2D eigenvalue weighted by atomic mass is 79.9. The van der Waals surface area contributed by atoms with E-state index in [0.29, 0.717) is 5.17 Å². The van der Waals surface area contributed by atoms with Gasteiger partial charge in [-0.1, -0.05) is 33.8 Å². The molecular weight excluding hydrogens is 376 g/mol. The monoisotopic (exact) mass is 388 g/mol. The van der Waals surface area contributed by atoms with Crippen LogP contribution in [0, 0.1) is 0 Å². The summed E-state index contributed by atoms with van der Waals surface area (Å²) in [4.78, 5) is 17.3. The lowest BCUT2D eigenvalue weighted by Gasteiger charge is -2.24. The van der Waals surface area contributed by atoms with E-state index >= 15 is 0 Å². The molecule has 2 fully saturated rings. The molecule has 0 saturated carbocycles. The van der Waals surface area contributed by atoms with Gasteiger partial charge in [0.25, 0.3) is 0 Å². The molecule has 1 aromatic carbocycles. The molecule has 3 rings (SSSR count). The number of amidine groups is 1. The second-order valence-electron chi connectivity index (χ2n) is 5.06. The van der Waals surface area contributed by atoms with Crippen LogP contribution in [-0.2, 0) is 14.6 Å². The maximum absolute atomic E-state index is 11.9. The molecule has 0 bridgehead atoms. The lowest BCUT2D eigenvalue weighted by molar-refractivity contribution is -0.115. The van der Waals surface area contributed by atoms with Crippen LogP contribution in [0.5, 0.6) is 0 Å². The van der Waals surface area contributed by atoms with Crippen molar-refractivity contribution in [3.05, 3.63) is 28.7 Å². The van der Waals surface area contributed by atoms with Crippen molar-refractivity contribution in [2.45, 2.75) is 18.2 Å². The molecule has 0 aromatic heterocycles. The maximum Gasteiger partial charge on any atom is 0.244 e. The van der Waals surface area contributed by atoms with E-state index in [1.165, 1.54) is 18.7 Å². The number of carbonyl (C=O) groups excluding carboxylic acids is 1. The highest BCUT2D eigenvalue weighted by Crippen LogP contribution is 2.41. The van der Waals surface area contributed by atoms with Crippen LogP contribution in [0.2, 0.25) is 0 Å². The van der Waals surface area contributed by atoms with E-state index in [0.717, 1.165) is 10.2 Å². The number of hydrogen-bond donors (Lipinski definition) is 0. The smallest absolute Gasteiger partial charge is 0.244 e. The largest absolute Gasteiger partial charge is 0.316 e. The summed E-state index contributed by atoms with van der Waals surface area (Å²) in [5, 5.41) is 0.526. The van der Waals surface area contributed by atoms with Crippen LogP contribution in [0.15, 0.2) is 33.7 Å². The summed E-state index contributed by atoms with van der Waals surface area (Å²) in [5.74, 6) is -0.0296. The van der Waals surface area contributed by atoms with Crippen LogP contribution >= 0.6 is 27.7 Å². The molecule has 0 unspecified atom stereocenters. The highest BCUT2D eigenvalue weighted by molar-refractivity contribution is 9.10. The molecule has 0 radical (unpaired) electrons. The molecule has 2 aliphatic heterocycles. The first-order valence-electron chi connectivity index (χ1n) is 6.37. The SMILES string of the molecule is CC(=O)N=C1S[C@@H]2CS(=O)(=O)C[C@@H]2N1c1cccc(Br)c1. The summed E-state index contributed by atoms with van der Waals surface area (Å²) in [6, 6.07) is 7.42. The molecule has 2 aliphatic rings. The van der Waals surface area contributed by atoms with Crippen LogP contribution in [-0.4, -0.2) is 42.3 Å². The van der Waals surface area contributed by atoms with Gasteiger partial charge in [-0.3, -0.25) is 4.79 Å². The predicted molar refractivity (Wildman–Crippen MR) is 88.6 cm³/mol. The average Bonchev–Trinajstić information content (AvgIpc) is 2.79. The van der Waals surface area contributed by atoms with E-state index < -0.39 is 9.84 Å². The number of aliphatic imine (C=N–C) groups is 1. The summed E-state index contributed by atoms with van der Waals surface area (Å²) in [6.07, 6.45) is 0. The summed E-state index contributed by atoms with van der Waals surface area (Å²) in [7, 11) is -3.02. The van der Waals surface area contributed by atoms with E-state index in [9.17, 15) is 13.2 Å². The third kappa shape index (κ3) is 3.02. The number of fused-ring (bicyclic) bond motifs is 1. The lowest BCUT2D eigenvalue weighted by atomic mass is 10.2. The number of nitrogens with zero attached hydrogens (tertiary/aromatic N) is 2. The van der Waals surface area contributed by atoms with Crippen LogP contribution in [0.3, 0.4) is 0 Å². The highest BCUT2D eigenvalue weighted by Gasteiger charge is 2.49. The van der Waals surface area contributed by atoms with Gasteiger partial charge in [0.15, 0.2) is 15.0 Å². The van der Waals surface area contributed by atoms with Gasteiger partial charge in [-0.15, -0.1) is 0 Å². The minimum absolute atomic E-state index is 0.0629. The third-order valence-electron chi connectivity index (χ3n) is 3.41. The Labute approximate surface area is 135 Å². The molecule has 112 valence electrons. The number of rotatable bonds is 1. The second-order valence-corrected chi connectivity index (χ2v) is 9.34. The van der Waals surface area contributed by atoms with E-state index in [1.54, 1.807) is 0 Å². The third-order valence-corrected chi connectivity index (χ3v) is 7.11. The lowest BCUT2D eigenvalue weighted by Crippen LogP contribution is -2.37. The van der Waals surface area contributed by atoms with Gasteiger partial charge in [-0.2, -0.15) is 4.99 Å². The quantitative estimate of drug-likeness (QED) is 0.736. The average molecular weight is 389 g/mol. The van der Waals surface area contributed by atoms with Crippen molar-refractivity contribution in [1.82, 2.24) is 0 Å². The van der Waals surface area contributed by atoms with Crippen molar-refractivity contribution < 1.29 is 13.2 Å². The Morgan fingerprint density at radius 1 is 1.43 bits per heavy atom. The Hall–Kier alpha value is -0.860. The Morgan fingerprint density at radius 3 is 2.86 bits per heavy atom. The fraction of sp³-hybridized carbons (Fsp3) is 0.385. The minimum atomic E-state index is -3.02. The van der Waals surface area contributed by atoms with Crippen molar-refractivity contribution in [2.75, 3.05) is 16.4 Å². The van der Waals surface area contributed by atoms with Gasteiger partial charge in [0.2, 0.25) is 5.91 Å². The number of sulfone groups is 1. The molecule has 0 N–H and O–H groups in total. The number of halogens is 1. The number of anilines is 1. The number of benzene rings is 1. The maximum atomic E-state index is 11.9. The molecule has 0 spiro atoms. The molecule has 2 heterocycles. The van der Waals surface area contributed by atoms with E-state index in [2.05, 4.69) is 20.9 Å². The first-order chi connectivity index (χ1) is 9.85. The van der Waals surface area contributed by atoms with Crippen molar-refractivity contribution in [3.8, 4) is 0 Å². The molecule has 1 aromatic rings. The Balaban J connectivity index is 2.05. The molecule has 5 nitrogen and oxygen atoms in total. The topological polar surface area (TPSA) is 66.8 Å². The molecule has 21 heavy (non-hydrogen) atoms. The zero-order valence-corrected chi connectivity index (χ0v) is 14.4. The van der Waals surface area contributed by atoms with Crippen molar-refractivity contribution in [2.24, 2.45) is 4.99 Å². The van der Waals surface area contributed by atoms with Gasteiger partial charge in [-0.05, 0) is 18.2 Å². The van der Waals surface area contributed by atoms with Crippen LogP contribution in [0.1, 0.15) is 6.92 Å². The summed E-state index contributed by atoms with van der Waals surface area (Å²) in [5.41, 5.74) is 0.849. The van der Waals surface area contributed by atoms with Gasteiger partial charge in [-0.25, -0.2) is 8.42 Å². The molecular formula is C13H13BrN2O3S2. The Bertz CT molecular complexity index is 733. The van der Waals surface area contributed by atoms with Crippen LogP contribution in [0.25, 0.3) is 0 Å². The fourth-order valence-electron chi connectivity index (χ4n) is 2.63. The fourth-order valence-corrected chi connectivity index (χ4v) is 6.97. The zero-order valence-electron chi connectivity index (χ0n) is 11.2.